The molecule has 0 saturated heterocycles. The number of carbonyl (C=O) groups is 1. The minimum absolute atomic E-state index is 0.139. The van der Waals surface area contributed by atoms with Crippen LogP contribution in [0.4, 0.5) is 0 Å². The summed E-state index contributed by atoms with van der Waals surface area (Å²) in [6.45, 7) is 0.139. The van der Waals surface area contributed by atoms with Crippen LogP contribution in [0.15, 0.2) is 58.4 Å². The van der Waals surface area contributed by atoms with E-state index < -0.39 is 0 Å². The van der Waals surface area contributed by atoms with Gasteiger partial charge in [0.2, 0.25) is 0 Å². The summed E-state index contributed by atoms with van der Waals surface area (Å²) in [4.78, 5) is 16.5. The maximum absolute atomic E-state index is 12.0. The van der Waals surface area contributed by atoms with Crippen LogP contribution in [0.3, 0.4) is 0 Å². The van der Waals surface area contributed by atoms with Gasteiger partial charge in [-0.3, -0.25) is 0 Å². The Balaban J connectivity index is 1.68. The SMILES string of the molecule is COc1ccccc1-c1nc(COC(=O)c2ccc(Br)cc2)cs1. The van der Waals surface area contributed by atoms with E-state index in [1.54, 1.807) is 31.4 Å². The number of halogens is 1. The van der Waals surface area contributed by atoms with E-state index in [-0.39, 0.29) is 12.6 Å². The van der Waals surface area contributed by atoms with Crippen molar-refractivity contribution in [2.75, 3.05) is 7.11 Å². The number of hydrogen-bond acceptors (Lipinski definition) is 5. The van der Waals surface area contributed by atoms with Crippen LogP contribution in [0.2, 0.25) is 0 Å². The van der Waals surface area contributed by atoms with Crippen LogP contribution in [0.1, 0.15) is 16.1 Å². The molecule has 24 heavy (non-hydrogen) atoms. The fourth-order valence-corrected chi connectivity index (χ4v) is 3.23. The van der Waals surface area contributed by atoms with Gasteiger partial charge in [-0.05, 0) is 36.4 Å². The highest BCUT2D eigenvalue weighted by Crippen LogP contribution is 2.32. The first-order valence-corrected chi connectivity index (χ1v) is 8.85. The predicted molar refractivity (Wildman–Crippen MR) is 97.4 cm³/mol. The summed E-state index contributed by atoms with van der Waals surface area (Å²) in [5, 5.41) is 2.72. The topological polar surface area (TPSA) is 48.4 Å². The zero-order chi connectivity index (χ0) is 16.9. The first-order chi connectivity index (χ1) is 11.7. The molecule has 1 aromatic heterocycles. The van der Waals surface area contributed by atoms with E-state index in [0.29, 0.717) is 11.3 Å². The first kappa shape index (κ1) is 16.7. The number of nitrogens with zero attached hydrogens (tertiary/aromatic N) is 1. The largest absolute Gasteiger partial charge is 0.496 e. The number of benzene rings is 2. The molecule has 0 N–H and O–H groups in total. The van der Waals surface area contributed by atoms with Crippen molar-refractivity contribution in [2.24, 2.45) is 0 Å². The van der Waals surface area contributed by atoms with E-state index in [9.17, 15) is 4.79 Å². The van der Waals surface area contributed by atoms with Gasteiger partial charge >= 0.3 is 5.97 Å². The molecule has 0 fully saturated rings. The summed E-state index contributed by atoms with van der Waals surface area (Å²) in [6, 6.07) is 14.7. The second-order valence-corrected chi connectivity index (χ2v) is 6.70. The van der Waals surface area contributed by atoms with Crippen LogP contribution >= 0.6 is 27.3 Å². The average molecular weight is 404 g/mol. The minimum Gasteiger partial charge on any atom is -0.496 e. The molecule has 0 amide bonds. The van der Waals surface area contributed by atoms with Crippen molar-refractivity contribution in [1.82, 2.24) is 4.98 Å². The number of thiazole rings is 1. The lowest BCUT2D eigenvalue weighted by atomic mass is 10.2. The number of hydrogen-bond donors (Lipinski definition) is 0. The molecule has 1 heterocycles. The highest BCUT2D eigenvalue weighted by Gasteiger charge is 2.12. The standard InChI is InChI=1S/C18H14BrNO3S/c1-22-16-5-3-2-4-15(16)17-20-14(11-24-17)10-23-18(21)12-6-8-13(19)9-7-12/h2-9,11H,10H2,1H3. The maximum atomic E-state index is 12.0. The van der Waals surface area contributed by atoms with Gasteiger partial charge in [-0.15, -0.1) is 11.3 Å². The molecular formula is C18H14BrNO3S. The van der Waals surface area contributed by atoms with Crippen molar-refractivity contribution in [2.45, 2.75) is 6.61 Å². The van der Waals surface area contributed by atoms with Gasteiger partial charge in [0.25, 0.3) is 0 Å². The summed E-state index contributed by atoms with van der Waals surface area (Å²) < 4.78 is 11.6. The fourth-order valence-electron chi connectivity index (χ4n) is 2.13. The van der Waals surface area contributed by atoms with Crippen molar-refractivity contribution in [3.05, 3.63) is 69.6 Å². The number of methoxy groups -OCH3 is 1. The Labute approximate surface area is 152 Å². The normalized spacial score (nSPS) is 10.4. The van der Waals surface area contributed by atoms with Crippen LogP contribution in [0, 0.1) is 0 Å². The summed E-state index contributed by atoms with van der Waals surface area (Å²) >= 11 is 4.83. The molecule has 0 aliphatic heterocycles. The lowest BCUT2D eigenvalue weighted by Gasteiger charge is -2.05. The summed E-state index contributed by atoms with van der Waals surface area (Å²) in [5.74, 6) is 0.402. The van der Waals surface area contributed by atoms with Gasteiger partial charge in [-0.2, -0.15) is 0 Å². The summed E-state index contributed by atoms with van der Waals surface area (Å²) in [7, 11) is 1.63. The van der Waals surface area contributed by atoms with E-state index in [4.69, 9.17) is 9.47 Å². The number of aromatic nitrogens is 1. The first-order valence-electron chi connectivity index (χ1n) is 7.18. The monoisotopic (exact) mass is 403 g/mol. The highest BCUT2D eigenvalue weighted by atomic mass is 79.9. The Morgan fingerprint density at radius 3 is 2.67 bits per heavy atom. The second kappa shape index (κ2) is 7.59. The minimum atomic E-state index is -0.366. The van der Waals surface area contributed by atoms with Gasteiger partial charge < -0.3 is 9.47 Å². The Morgan fingerprint density at radius 2 is 1.92 bits per heavy atom. The molecular weight excluding hydrogens is 390 g/mol. The number of para-hydroxylation sites is 1. The Hall–Kier alpha value is -2.18. The third-order valence-corrected chi connectivity index (χ3v) is 4.77. The Bertz CT molecular complexity index is 845. The van der Waals surface area contributed by atoms with E-state index >= 15 is 0 Å². The zero-order valence-electron chi connectivity index (χ0n) is 12.9. The number of esters is 1. The average Bonchev–Trinajstić information content (AvgIpc) is 3.09. The fraction of sp³-hybridized carbons (Fsp3) is 0.111. The molecule has 3 rings (SSSR count). The third kappa shape index (κ3) is 3.83. The van der Waals surface area contributed by atoms with Crippen LogP contribution in [0.5, 0.6) is 5.75 Å². The molecule has 4 nitrogen and oxygen atoms in total. The van der Waals surface area contributed by atoms with E-state index in [1.807, 2.05) is 29.6 Å². The van der Waals surface area contributed by atoms with E-state index in [1.165, 1.54) is 11.3 Å². The van der Waals surface area contributed by atoms with Crippen molar-refractivity contribution in [3.63, 3.8) is 0 Å². The van der Waals surface area contributed by atoms with Crippen molar-refractivity contribution >= 4 is 33.2 Å². The van der Waals surface area contributed by atoms with Crippen LogP contribution < -0.4 is 4.74 Å². The molecule has 0 atom stereocenters. The van der Waals surface area contributed by atoms with Gasteiger partial charge in [-0.1, -0.05) is 28.1 Å². The molecule has 0 bridgehead atoms. The van der Waals surface area contributed by atoms with Crippen LogP contribution in [0.25, 0.3) is 10.6 Å². The number of ether oxygens (including phenoxy) is 2. The smallest absolute Gasteiger partial charge is 0.338 e. The molecule has 3 aromatic rings. The van der Waals surface area contributed by atoms with Crippen molar-refractivity contribution < 1.29 is 14.3 Å². The molecule has 0 unspecified atom stereocenters. The Kier molecular flexibility index (Phi) is 5.27. The van der Waals surface area contributed by atoms with Gasteiger partial charge in [0.1, 0.15) is 17.4 Å². The number of carbonyl (C=O) groups excluding carboxylic acids is 1. The predicted octanol–water partition coefficient (Wildman–Crippen LogP) is 4.94. The summed E-state index contributed by atoms with van der Waals surface area (Å²) in [5.41, 5.74) is 2.15. The van der Waals surface area contributed by atoms with Gasteiger partial charge in [0.05, 0.1) is 23.9 Å². The lowest BCUT2D eigenvalue weighted by Crippen LogP contribution is -2.05. The van der Waals surface area contributed by atoms with Crippen LogP contribution in [-0.2, 0) is 11.3 Å². The maximum Gasteiger partial charge on any atom is 0.338 e. The van der Waals surface area contributed by atoms with Crippen molar-refractivity contribution in [3.8, 4) is 16.3 Å². The van der Waals surface area contributed by atoms with Crippen LogP contribution in [-0.4, -0.2) is 18.1 Å². The molecule has 6 heteroatoms. The molecule has 0 spiro atoms. The highest BCUT2D eigenvalue weighted by molar-refractivity contribution is 9.10. The second-order valence-electron chi connectivity index (χ2n) is 4.93. The molecule has 0 saturated carbocycles. The molecule has 0 aliphatic carbocycles. The van der Waals surface area contributed by atoms with Gasteiger partial charge in [0, 0.05) is 9.85 Å². The summed E-state index contributed by atoms with van der Waals surface area (Å²) in [6.07, 6.45) is 0. The van der Waals surface area contributed by atoms with Gasteiger partial charge in [0.15, 0.2) is 0 Å². The Morgan fingerprint density at radius 1 is 1.17 bits per heavy atom. The molecule has 2 aromatic carbocycles. The van der Waals surface area contributed by atoms with E-state index in [0.717, 1.165) is 20.8 Å². The molecule has 0 radical (unpaired) electrons. The zero-order valence-corrected chi connectivity index (χ0v) is 15.3. The van der Waals surface area contributed by atoms with Crippen molar-refractivity contribution in [1.29, 1.82) is 0 Å². The third-order valence-electron chi connectivity index (χ3n) is 3.32. The molecule has 122 valence electrons. The number of rotatable bonds is 5. The lowest BCUT2D eigenvalue weighted by molar-refractivity contribution is 0.0468. The molecule has 0 aliphatic rings. The van der Waals surface area contributed by atoms with Gasteiger partial charge in [-0.25, -0.2) is 9.78 Å². The quantitative estimate of drug-likeness (QED) is 0.566. The van der Waals surface area contributed by atoms with E-state index in [2.05, 4.69) is 20.9 Å².